The van der Waals surface area contributed by atoms with Crippen molar-refractivity contribution >= 4 is 22.5 Å². The Labute approximate surface area is 163 Å². The van der Waals surface area contributed by atoms with Gasteiger partial charge in [-0.1, -0.05) is 6.07 Å². The fourth-order valence-corrected chi connectivity index (χ4v) is 3.86. The Hall–Kier alpha value is -3.09. The van der Waals surface area contributed by atoms with E-state index in [0.717, 1.165) is 53.7 Å². The molecule has 3 aromatic rings. The van der Waals surface area contributed by atoms with Crippen molar-refractivity contribution in [2.24, 2.45) is 0 Å². The molecule has 0 saturated heterocycles. The third-order valence-electron chi connectivity index (χ3n) is 5.19. The lowest BCUT2D eigenvalue weighted by Crippen LogP contribution is -2.40. The molecule has 0 radical (unpaired) electrons. The lowest BCUT2D eigenvalue weighted by molar-refractivity contribution is -0.121. The number of aryl methyl sites for hydroxylation is 1. The molecule has 7 heteroatoms. The van der Waals surface area contributed by atoms with E-state index in [1.165, 1.54) is 0 Å². The number of anilines is 1. The van der Waals surface area contributed by atoms with Gasteiger partial charge in [0.05, 0.1) is 29.8 Å². The Morgan fingerprint density at radius 1 is 1.32 bits per heavy atom. The van der Waals surface area contributed by atoms with Crippen molar-refractivity contribution in [1.29, 1.82) is 0 Å². The van der Waals surface area contributed by atoms with Gasteiger partial charge in [0.15, 0.2) is 0 Å². The second kappa shape index (κ2) is 7.88. The minimum absolute atomic E-state index is 0.0249. The highest BCUT2D eigenvalue weighted by Gasteiger charge is 2.24. The lowest BCUT2D eigenvalue weighted by Gasteiger charge is -2.30. The molecule has 2 aromatic heterocycles. The highest BCUT2D eigenvalue weighted by molar-refractivity contribution is 5.95. The number of nitrogens with two attached hydrogens (primary N) is 1. The van der Waals surface area contributed by atoms with E-state index >= 15 is 0 Å². The van der Waals surface area contributed by atoms with Crippen LogP contribution in [0.3, 0.4) is 0 Å². The third kappa shape index (κ3) is 4.08. The first-order chi connectivity index (χ1) is 13.6. The predicted molar refractivity (Wildman–Crippen MR) is 108 cm³/mol. The highest BCUT2D eigenvalue weighted by Crippen LogP contribution is 2.33. The molecule has 28 heavy (non-hydrogen) atoms. The summed E-state index contributed by atoms with van der Waals surface area (Å²) in [6.07, 6.45) is 7.30. The van der Waals surface area contributed by atoms with Crippen LogP contribution in [-0.2, 0) is 11.2 Å². The Kier molecular flexibility index (Phi) is 5.14. The molecule has 1 fully saturated rings. The maximum atomic E-state index is 12.2. The van der Waals surface area contributed by atoms with Crippen molar-refractivity contribution in [3.8, 4) is 5.75 Å². The van der Waals surface area contributed by atoms with Crippen LogP contribution in [-0.4, -0.2) is 33.0 Å². The number of rotatable bonds is 5. The number of nitrogen functional groups attached to an aromatic ring is 1. The third-order valence-corrected chi connectivity index (χ3v) is 5.19. The van der Waals surface area contributed by atoms with Crippen molar-refractivity contribution < 1.29 is 9.53 Å². The van der Waals surface area contributed by atoms with Gasteiger partial charge in [0.2, 0.25) is 5.91 Å². The van der Waals surface area contributed by atoms with Crippen molar-refractivity contribution in [2.75, 3.05) is 5.73 Å². The predicted octanol–water partition coefficient (Wildman–Crippen LogP) is 2.90. The summed E-state index contributed by atoms with van der Waals surface area (Å²) in [5, 5.41) is 3.99. The maximum absolute atomic E-state index is 12.2. The zero-order chi connectivity index (χ0) is 19.5. The molecular weight excluding hydrogens is 354 g/mol. The van der Waals surface area contributed by atoms with Crippen LogP contribution < -0.4 is 15.8 Å². The Morgan fingerprint density at radius 2 is 2.14 bits per heavy atom. The van der Waals surface area contributed by atoms with Crippen molar-refractivity contribution in [3.05, 3.63) is 48.2 Å². The zero-order valence-electron chi connectivity index (χ0n) is 15.9. The molecule has 4 N–H and O–H groups in total. The number of ether oxygens (including phenoxy) is 1. The number of H-pyrrole nitrogens is 1. The number of carbonyl (C=O) groups excluding carboxylic acids is 1. The molecule has 0 aliphatic heterocycles. The maximum Gasteiger partial charge on any atom is 0.226 e. The zero-order valence-corrected chi connectivity index (χ0v) is 15.9. The number of benzene rings is 1. The van der Waals surface area contributed by atoms with E-state index in [9.17, 15) is 4.79 Å². The molecule has 1 aliphatic carbocycles. The molecule has 0 bridgehead atoms. The summed E-state index contributed by atoms with van der Waals surface area (Å²) in [7, 11) is 0. The van der Waals surface area contributed by atoms with Crippen LogP contribution in [0, 0.1) is 6.92 Å². The number of aromatic amines is 1. The molecule has 1 amide bonds. The molecular formula is C21H25N5O2. The largest absolute Gasteiger partial charge is 0.490 e. The average molecular weight is 379 g/mol. The second-order valence-electron chi connectivity index (χ2n) is 7.42. The van der Waals surface area contributed by atoms with Crippen LogP contribution in [0.25, 0.3) is 10.9 Å². The number of nitrogens with zero attached hydrogens (tertiary/aromatic N) is 2. The summed E-state index contributed by atoms with van der Waals surface area (Å²) < 4.78 is 6.28. The monoisotopic (exact) mass is 379 g/mol. The summed E-state index contributed by atoms with van der Waals surface area (Å²) >= 11 is 0. The van der Waals surface area contributed by atoms with Gasteiger partial charge in [-0.05, 0) is 50.8 Å². The molecule has 1 aliphatic rings. The number of imidazole rings is 1. The standard InChI is InChI=1S/C21H25N5O2/c1-13-9-17(22)21-18(25-13)3-2-4-19(21)28-16-7-5-14(6-8-16)26-20(27)10-15-11-23-12-24-15/h2-4,9,11-12,14,16H,5-8,10H2,1H3,(H2,22,25)(H,23,24)(H,26,27). The van der Waals surface area contributed by atoms with Gasteiger partial charge in [-0.2, -0.15) is 0 Å². The van der Waals surface area contributed by atoms with Gasteiger partial charge in [0.1, 0.15) is 5.75 Å². The number of carbonyl (C=O) groups is 1. The Bertz CT molecular complexity index is 962. The summed E-state index contributed by atoms with van der Waals surface area (Å²) in [4.78, 5) is 23.6. The molecule has 0 atom stereocenters. The van der Waals surface area contributed by atoms with E-state index < -0.39 is 0 Å². The first-order valence-corrected chi connectivity index (χ1v) is 9.67. The number of amides is 1. The van der Waals surface area contributed by atoms with E-state index in [1.807, 2.05) is 31.2 Å². The number of hydrogen-bond donors (Lipinski definition) is 3. The van der Waals surface area contributed by atoms with Crippen molar-refractivity contribution in [1.82, 2.24) is 20.3 Å². The summed E-state index contributed by atoms with van der Waals surface area (Å²) in [6.45, 7) is 1.94. The van der Waals surface area contributed by atoms with E-state index in [-0.39, 0.29) is 18.1 Å². The van der Waals surface area contributed by atoms with E-state index in [1.54, 1.807) is 12.5 Å². The molecule has 2 heterocycles. The molecule has 1 aromatic carbocycles. The van der Waals surface area contributed by atoms with Crippen LogP contribution in [0.15, 0.2) is 36.8 Å². The average Bonchev–Trinajstić information content (AvgIpc) is 3.16. The van der Waals surface area contributed by atoms with Gasteiger partial charge in [-0.25, -0.2) is 4.98 Å². The minimum atomic E-state index is 0.0249. The van der Waals surface area contributed by atoms with Gasteiger partial charge >= 0.3 is 0 Å². The fraction of sp³-hybridized carbons (Fsp3) is 0.381. The highest BCUT2D eigenvalue weighted by atomic mass is 16.5. The van der Waals surface area contributed by atoms with Gasteiger partial charge in [0.25, 0.3) is 0 Å². The normalized spacial score (nSPS) is 19.5. The van der Waals surface area contributed by atoms with Crippen molar-refractivity contribution in [3.63, 3.8) is 0 Å². The molecule has 0 spiro atoms. The van der Waals surface area contributed by atoms with Crippen LogP contribution in [0.5, 0.6) is 5.75 Å². The number of nitrogens with one attached hydrogen (secondary N) is 2. The topological polar surface area (TPSA) is 106 Å². The summed E-state index contributed by atoms with van der Waals surface area (Å²) in [6, 6.07) is 7.93. The van der Waals surface area contributed by atoms with Gasteiger partial charge in [-0.15, -0.1) is 0 Å². The molecule has 0 unspecified atom stereocenters. The molecule has 1 saturated carbocycles. The van der Waals surface area contributed by atoms with E-state index in [2.05, 4.69) is 20.3 Å². The summed E-state index contributed by atoms with van der Waals surface area (Å²) in [5.41, 5.74) is 9.49. The molecule has 146 valence electrons. The van der Waals surface area contributed by atoms with Gasteiger partial charge < -0.3 is 20.8 Å². The fourth-order valence-electron chi connectivity index (χ4n) is 3.86. The first kappa shape index (κ1) is 18.3. The van der Waals surface area contributed by atoms with Crippen LogP contribution in [0.2, 0.25) is 0 Å². The number of pyridine rings is 1. The van der Waals surface area contributed by atoms with E-state index in [0.29, 0.717) is 12.1 Å². The quantitative estimate of drug-likeness (QED) is 0.632. The van der Waals surface area contributed by atoms with Crippen molar-refractivity contribution in [2.45, 2.75) is 51.2 Å². The first-order valence-electron chi connectivity index (χ1n) is 9.67. The van der Waals surface area contributed by atoms with Gasteiger partial charge in [0, 0.05) is 29.3 Å². The lowest BCUT2D eigenvalue weighted by atomic mass is 9.92. The van der Waals surface area contributed by atoms with Crippen LogP contribution in [0.4, 0.5) is 5.69 Å². The summed E-state index contributed by atoms with van der Waals surface area (Å²) in [5.74, 6) is 0.811. The number of aromatic nitrogens is 3. The van der Waals surface area contributed by atoms with Crippen LogP contribution >= 0.6 is 0 Å². The SMILES string of the molecule is Cc1cc(N)c2c(OC3CCC(NC(=O)Cc4cnc[nH]4)CC3)cccc2n1. The van der Waals surface area contributed by atoms with Gasteiger partial charge in [-0.3, -0.25) is 9.78 Å². The number of fused-ring (bicyclic) bond motifs is 1. The molecule has 7 nitrogen and oxygen atoms in total. The van der Waals surface area contributed by atoms with Crippen LogP contribution in [0.1, 0.15) is 37.1 Å². The molecule has 4 rings (SSSR count). The smallest absolute Gasteiger partial charge is 0.226 e. The Morgan fingerprint density at radius 3 is 2.89 bits per heavy atom. The van der Waals surface area contributed by atoms with E-state index in [4.69, 9.17) is 10.5 Å². The second-order valence-corrected chi connectivity index (χ2v) is 7.42. The number of hydrogen-bond acceptors (Lipinski definition) is 5. The minimum Gasteiger partial charge on any atom is -0.490 e. The Balaban J connectivity index is 1.35.